The first-order valence-corrected chi connectivity index (χ1v) is 12.1. The van der Waals surface area contributed by atoms with Crippen LogP contribution in [0.3, 0.4) is 0 Å². The van der Waals surface area contributed by atoms with E-state index < -0.39 is 10.0 Å². The average Bonchev–Trinajstić information content (AvgIpc) is 3.21. The van der Waals surface area contributed by atoms with E-state index in [9.17, 15) is 13.2 Å². The number of carbonyl (C=O) groups is 1. The van der Waals surface area contributed by atoms with Crippen molar-refractivity contribution < 1.29 is 13.2 Å². The van der Waals surface area contributed by atoms with Gasteiger partial charge in [0.2, 0.25) is 15.9 Å². The Bertz CT molecular complexity index is 950. The molecule has 2 heterocycles. The minimum absolute atomic E-state index is 0.0190. The van der Waals surface area contributed by atoms with E-state index in [2.05, 4.69) is 22.3 Å². The molecular weight excluding hydrogens is 398 g/mol. The molecule has 0 aliphatic carbocycles. The van der Waals surface area contributed by atoms with Crippen LogP contribution >= 0.6 is 0 Å². The summed E-state index contributed by atoms with van der Waals surface area (Å²) < 4.78 is 27.3. The number of piperidine rings is 1. The maximum Gasteiger partial charge on any atom is 0.243 e. The van der Waals surface area contributed by atoms with E-state index in [1.165, 1.54) is 9.87 Å². The average molecular weight is 428 g/mol. The monoisotopic (exact) mass is 427 g/mol. The molecule has 1 N–H and O–H groups in total. The number of likely N-dealkylation sites (tertiary alicyclic amines) is 1. The molecule has 0 radical (unpaired) electrons. The summed E-state index contributed by atoms with van der Waals surface area (Å²) in [6.45, 7) is 3.40. The molecule has 160 valence electrons. The SMILES string of the molecule is O=C(N[C@H]1CCN(Cc2ccccc2)C1)[C@H]1CCCN(S(=O)(=O)c2ccccc2)C1. The number of nitrogens with one attached hydrogen (secondary N) is 1. The molecule has 2 atom stereocenters. The van der Waals surface area contributed by atoms with Crippen molar-refractivity contribution in [3.8, 4) is 0 Å². The van der Waals surface area contributed by atoms with Crippen LogP contribution in [0.2, 0.25) is 0 Å². The Kier molecular flexibility index (Phi) is 6.51. The smallest absolute Gasteiger partial charge is 0.243 e. The van der Waals surface area contributed by atoms with E-state index in [1.807, 2.05) is 18.2 Å². The maximum absolute atomic E-state index is 12.9. The van der Waals surface area contributed by atoms with Crippen molar-refractivity contribution in [1.29, 1.82) is 0 Å². The molecule has 2 fully saturated rings. The van der Waals surface area contributed by atoms with Crippen molar-refractivity contribution in [2.75, 3.05) is 26.2 Å². The lowest BCUT2D eigenvalue weighted by atomic mass is 9.98. The van der Waals surface area contributed by atoms with Gasteiger partial charge in [-0.2, -0.15) is 4.31 Å². The van der Waals surface area contributed by atoms with Gasteiger partial charge in [-0.1, -0.05) is 48.5 Å². The first-order valence-electron chi connectivity index (χ1n) is 10.6. The van der Waals surface area contributed by atoms with Crippen molar-refractivity contribution in [1.82, 2.24) is 14.5 Å². The predicted molar refractivity (Wildman–Crippen MR) is 116 cm³/mol. The van der Waals surface area contributed by atoms with Gasteiger partial charge in [0, 0.05) is 38.8 Å². The predicted octanol–water partition coefficient (Wildman–Crippen LogP) is 2.48. The number of nitrogens with zero attached hydrogens (tertiary/aromatic N) is 2. The van der Waals surface area contributed by atoms with Gasteiger partial charge in [0.25, 0.3) is 0 Å². The molecule has 2 aliphatic rings. The van der Waals surface area contributed by atoms with Crippen LogP contribution in [0.15, 0.2) is 65.6 Å². The van der Waals surface area contributed by atoms with Gasteiger partial charge in [0.1, 0.15) is 0 Å². The second-order valence-electron chi connectivity index (χ2n) is 8.23. The molecule has 7 heteroatoms. The van der Waals surface area contributed by atoms with Crippen molar-refractivity contribution in [2.24, 2.45) is 5.92 Å². The molecule has 0 bridgehead atoms. The van der Waals surface area contributed by atoms with Crippen molar-refractivity contribution >= 4 is 15.9 Å². The summed E-state index contributed by atoms with van der Waals surface area (Å²) in [5, 5.41) is 3.17. The number of benzene rings is 2. The largest absolute Gasteiger partial charge is 0.352 e. The normalized spacial score (nSPS) is 23.3. The Morgan fingerprint density at radius 1 is 0.933 bits per heavy atom. The number of rotatable bonds is 6. The van der Waals surface area contributed by atoms with Crippen LogP contribution in [-0.4, -0.2) is 55.8 Å². The number of sulfonamides is 1. The standard InChI is InChI=1S/C23H29N3O3S/c27-23(24-21-13-15-25(18-21)16-19-8-3-1-4-9-19)20-10-7-14-26(17-20)30(28,29)22-11-5-2-6-12-22/h1-6,8-9,11-12,20-21H,7,10,13-18H2,(H,24,27)/t20-,21-/m0/s1. The number of amides is 1. The molecule has 2 saturated heterocycles. The Morgan fingerprint density at radius 3 is 2.37 bits per heavy atom. The van der Waals surface area contributed by atoms with Crippen LogP contribution in [0.5, 0.6) is 0 Å². The third-order valence-electron chi connectivity index (χ3n) is 6.00. The van der Waals surface area contributed by atoms with E-state index >= 15 is 0 Å². The van der Waals surface area contributed by atoms with Gasteiger partial charge < -0.3 is 5.32 Å². The van der Waals surface area contributed by atoms with Crippen LogP contribution in [0.25, 0.3) is 0 Å². The van der Waals surface area contributed by atoms with Gasteiger partial charge in [-0.15, -0.1) is 0 Å². The zero-order valence-electron chi connectivity index (χ0n) is 17.1. The summed E-state index contributed by atoms with van der Waals surface area (Å²) in [5.74, 6) is -0.310. The highest BCUT2D eigenvalue weighted by Crippen LogP contribution is 2.24. The Morgan fingerprint density at radius 2 is 1.63 bits per heavy atom. The van der Waals surface area contributed by atoms with Crippen LogP contribution in [0.1, 0.15) is 24.8 Å². The lowest BCUT2D eigenvalue weighted by molar-refractivity contribution is -0.126. The zero-order chi connectivity index (χ0) is 21.0. The van der Waals surface area contributed by atoms with Crippen molar-refractivity contribution in [3.05, 3.63) is 66.2 Å². The van der Waals surface area contributed by atoms with Crippen LogP contribution in [0.4, 0.5) is 0 Å². The highest BCUT2D eigenvalue weighted by Gasteiger charge is 2.34. The molecule has 0 unspecified atom stereocenters. The summed E-state index contributed by atoms with van der Waals surface area (Å²) in [5.41, 5.74) is 1.28. The topological polar surface area (TPSA) is 69.7 Å². The van der Waals surface area contributed by atoms with E-state index in [0.29, 0.717) is 17.9 Å². The second-order valence-corrected chi connectivity index (χ2v) is 10.2. The molecular formula is C23H29N3O3S. The van der Waals surface area contributed by atoms with E-state index in [0.717, 1.165) is 32.5 Å². The molecule has 6 nitrogen and oxygen atoms in total. The van der Waals surface area contributed by atoms with Gasteiger partial charge >= 0.3 is 0 Å². The minimum atomic E-state index is -3.55. The van der Waals surface area contributed by atoms with Gasteiger partial charge in [0.15, 0.2) is 0 Å². The third kappa shape index (κ3) is 4.91. The Hall–Kier alpha value is -2.22. The molecule has 2 aromatic rings. The first kappa shape index (κ1) is 21.0. The highest BCUT2D eigenvalue weighted by atomic mass is 32.2. The molecule has 0 aromatic heterocycles. The van der Waals surface area contributed by atoms with Crippen molar-refractivity contribution in [2.45, 2.75) is 36.7 Å². The molecule has 2 aromatic carbocycles. The molecule has 2 aliphatic heterocycles. The van der Waals surface area contributed by atoms with Crippen LogP contribution < -0.4 is 5.32 Å². The highest BCUT2D eigenvalue weighted by molar-refractivity contribution is 7.89. The summed E-state index contributed by atoms with van der Waals surface area (Å²) in [6, 6.07) is 18.9. The molecule has 0 saturated carbocycles. The quantitative estimate of drug-likeness (QED) is 0.769. The Balaban J connectivity index is 1.32. The lowest BCUT2D eigenvalue weighted by Crippen LogP contribution is -2.48. The van der Waals surface area contributed by atoms with E-state index in [4.69, 9.17) is 0 Å². The van der Waals surface area contributed by atoms with Crippen LogP contribution in [-0.2, 0) is 21.4 Å². The van der Waals surface area contributed by atoms with Gasteiger partial charge in [-0.3, -0.25) is 9.69 Å². The van der Waals surface area contributed by atoms with E-state index in [-0.39, 0.29) is 24.4 Å². The van der Waals surface area contributed by atoms with Gasteiger partial charge in [0.05, 0.1) is 10.8 Å². The molecule has 4 rings (SSSR count). The Labute approximate surface area is 178 Å². The molecule has 0 spiro atoms. The van der Waals surface area contributed by atoms with Crippen molar-refractivity contribution in [3.63, 3.8) is 0 Å². The number of hydrogen-bond acceptors (Lipinski definition) is 4. The number of carbonyl (C=O) groups excluding carboxylic acids is 1. The summed E-state index contributed by atoms with van der Waals surface area (Å²) in [7, 11) is -3.55. The van der Waals surface area contributed by atoms with Gasteiger partial charge in [-0.25, -0.2) is 8.42 Å². The van der Waals surface area contributed by atoms with Gasteiger partial charge in [-0.05, 0) is 37.0 Å². The third-order valence-corrected chi connectivity index (χ3v) is 7.88. The van der Waals surface area contributed by atoms with Crippen LogP contribution in [0, 0.1) is 5.92 Å². The number of hydrogen-bond donors (Lipinski definition) is 1. The fourth-order valence-corrected chi connectivity index (χ4v) is 5.92. The first-order chi connectivity index (χ1) is 14.5. The zero-order valence-corrected chi connectivity index (χ0v) is 17.9. The fourth-order valence-electron chi connectivity index (χ4n) is 4.37. The summed E-state index contributed by atoms with van der Waals surface area (Å²) in [4.78, 5) is 15.5. The fraction of sp³-hybridized carbons (Fsp3) is 0.435. The summed E-state index contributed by atoms with van der Waals surface area (Å²) in [6.07, 6.45) is 2.36. The second kappa shape index (κ2) is 9.29. The summed E-state index contributed by atoms with van der Waals surface area (Å²) >= 11 is 0. The maximum atomic E-state index is 12.9. The lowest BCUT2D eigenvalue weighted by Gasteiger charge is -2.31. The minimum Gasteiger partial charge on any atom is -0.352 e. The van der Waals surface area contributed by atoms with E-state index in [1.54, 1.807) is 30.3 Å². The molecule has 30 heavy (non-hydrogen) atoms. The molecule has 1 amide bonds.